The molecule has 1 aliphatic rings. The van der Waals surface area contributed by atoms with E-state index in [-0.39, 0.29) is 17.3 Å². The Hall–Kier alpha value is -0.900. The van der Waals surface area contributed by atoms with Crippen LogP contribution in [0.1, 0.15) is 29.7 Å². The Kier molecular flexibility index (Phi) is 1.93. The molecule has 1 fully saturated rings. The lowest BCUT2D eigenvalue weighted by molar-refractivity contribution is -0.139. The summed E-state index contributed by atoms with van der Waals surface area (Å²) in [7, 11) is 0. The molecule has 1 aliphatic carbocycles. The molecule has 4 heteroatoms. The number of nitrogens with zero attached hydrogens (tertiary/aromatic N) is 1. The maximum absolute atomic E-state index is 11.0. The van der Waals surface area contributed by atoms with Gasteiger partial charge in [-0.2, -0.15) is 0 Å². The van der Waals surface area contributed by atoms with Gasteiger partial charge in [0, 0.05) is 17.0 Å². The van der Waals surface area contributed by atoms with Crippen molar-refractivity contribution in [3.63, 3.8) is 0 Å². The molecule has 0 bridgehead atoms. The van der Waals surface area contributed by atoms with Gasteiger partial charge in [0.2, 0.25) is 0 Å². The third-order valence-electron chi connectivity index (χ3n) is 3.04. The van der Waals surface area contributed by atoms with Crippen LogP contribution < -0.4 is 0 Å². The van der Waals surface area contributed by atoms with E-state index in [4.69, 9.17) is 5.11 Å². The largest absolute Gasteiger partial charge is 0.481 e. The fourth-order valence-corrected chi connectivity index (χ4v) is 3.27. The highest BCUT2D eigenvalue weighted by molar-refractivity contribution is 7.11. The smallest absolute Gasteiger partial charge is 0.307 e. The highest BCUT2D eigenvalue weighted by Crippen LogP contribution is 2.65. The summed E-state index contributed by atoms with van der Waals surface area (Å²) < 4.78 is 0. The highest BCUT2D eigenvalue weighted by atomic mass is 32.1. The second kappa shape index (κ2) is 2.79. The maximum atomic E-state index is 11.0. The molecule has 1 saturated carbocycles. The minimum Gasteiger partial charge on any atom is -0.481 e. The van der Waals surface area contributed by atoms with Crippen LogP contribution in [0.25, 0.3) is 0 Å². The molecule has 2 rings (SSSR count). The molecule has 0 radical (unpaired) electrons. The molecule has 1 aromatic heterocycles. The van der Waals surface area contributed by atoms with E-state index in [0.717, 1.165) is 9.88 Å². The summed E-state index contributed by atoms with van der Waals surface area (Å²) in [5.74, 6) is -0.764. The van der Waals surface area contributed by atoms with Gasteiger partial charge < -0.3 is 5.11 Å². The van der Waals surface area contributed by atoms with Gasteiger partial charge in [0.05, 0.1) is 10.9 Å². The SMILES string of the molecule is Cc1ncc(C2C(C(=O)O)C2(C)C)s1. The molecular weight excluding hydrogens is 198 g/mol. The number of aromatic nitrogens is 1. The van der Waals surface area contributed by atoms with Crippen LogP contribution in [-0.2, 0) is 4.79 Å². The van der Waals surface area contributed by atoms with Gasteiger partial charge >= 0.3 is 5.97 Å². The maximum Gasteiger partial charge on any atom is 0.307 e. The highest BCUT2D eigenvalue weighted by Gasteiger charge is 2.63. The number of aliphatic carboxylic acids is 1. The molecule has 1 aromatic rings. The van der Waals surface area contributed by atoms with Crippen LogP contribution in [0, 0.1) is 18.3 Å². The summed E-state index contributed by atoms with van der Waals surface area (Å²) >= 11 is 1.61. The van der Waals surface area contributed by atoms with Gasteiger partial charge in [-0.1, -0.05) is 13.8 Å². The molecule has 0 saturated heterocycles. The molecule has 76 valence electrons. The van der Waals surface area contributed by atoms with Crippen molar-refractivity contribution >= 4 is 17.3 Å². The first-order valence-corrected chi connectivity index (χ1v) is 5.41. The molecule has 2 unspecified atom stereocenters. The van der Waals surface area contributed by atoms with Crippen LogP contribution in [0.4, 0.5) is 0 Å². The summed E-state index contributed by atoms with van der Waals surface area (Å²) in [5, 5.41) is 10.0. The van der Waals surface area contributed by atoms with Crippen molar-refractivity contribution < 1.29 is 9.90 Å². The lowest BCUT2D eigenvalue weighted by Gasteiger charge is -1.97. The minimum atomic E-state index is -0.689. The first kappa shape index (κ1) is 9.65. The van der Waals surface area contributed by atoms with Crippen molar-refractivity contribution in [1.29, 1.82) is 0 Å². The van der Waals surface area contributed by atoms with Crippen LogP contribution in [0.5, 0.6) is 0 Å². The Bertz CT molecular complexity index is 383. The molecule has 1 N–H and O–H groups in total. The summed E-state index contributed by atoms with van der Waals surface area (Å²) in [4.78, 5) is 16.2. The summed E-state index contributed by atoms with van der Waals surface area (Å²) in [5.41, 5.74) is -0.106. The number of rotatable bonds is 2. The summed E-state index contributed by atoms with van der Waals surface area (Å²) in [6.45, 7) is 5.95. The third-order valence-corrected chi connectivity index (χ3v) is 4.03. The van der Waals surface area contributed by atoms with Gasteiger partial charge in [-0.25, -0.2) is 4.98 Å². The van der Waals surface area contributed by atoms with Gasteiger partial charge in [-0.3, -0.25) is 4.79 Å². The summed E-state index contributed by atoms with van der Waals surface area (Å²) in [6, 6.07) is 0. The predicted octanol–water partition coefficient (Wildman–Crippen LogP) is 2.28. The Morgan fingerprint density at radius 2 is 2.29 bits per heavy atom. The van der Waals surface area contributed by atoms with Crippen molar-refractivity contribution in [2.45, 2.75) is 26.7 Å². The van der Waals surface area contributed by atoms with E-state index in [9.17, 15) is 4.79 Å². The Morgan fingerprint density at radius 1 is 1.64 bits per heavy atom. The predicted molar refractivity (Wildman–Crippen MR) is 54.5 cm³/mol. The van der Waals surface area contributed by atoms with Crippen LogP contribution in [0.3, 0.4) is 0 Å². The fourth-order valence-electron chi connectivity index (χ4n) is 2.15. The fraction of sp³-hybridized carbons (Fsp3) is 0.600. The van der Waals surface area contributed by atoms with E-state index in [0.29, 0.717) is 0 Å². The van der Waals surface area contributed by atoms with Gasteiger partial charge in [0.25, 0.3) is 0 Å². The third kappa shape index (κ3) is 1.25. The van der Waals surface area contributed by atoms with E-state index in [1.807, 2.05) is 27.0 Å². The second-order valence-corrected chi connectivity index (χ2v) is 5.66. The van der Waals surface area contributed by atoms with Gasteiger partial charge in [-0.15, -0.1) is 11.3 Å². The first-order chi connectivity index (χ1) is 6.44. The van der Waals surface area contributed by atoms with E-state index in [1.54, 1.807) is 11.3 Å². The number of carboxylic acids is 1. The molecule has 0 spiro atoms. The molecule has 0 amide bonds. The monoisotopic (exact) mass is 211 g/mol. The number of carbonyl (C=O) groups is 1. The van der Waals surface area contributed by atoms with E-state index >= 15 is 0 Å². The topological polar surface area (TPSA) is 50.2 Å². The standard InChI is InChI=1S/C10H13NO2S/c1-5-11-4-6(14-5)7-8(9(12)13)10(7,2)3/h4,7-8H,1-3H3,(H,12,13). The van der Waals surface area contributed by atoms with Crippen molar-refractivity contribution in [1.82, 2.24) is 4.98 Å². The number of aryl methyl sites for hydroxylation is 1. The van der Waals surface area contributed by atoms with E-state index < -0.39 is 5.97 Å². The van der Waals surface area contributed by atoms with Gasteiger partial charge in [0.15, 0.2) is 0 Å². The quantitative estimate of drug-likeness (QED) is 0.816. The van der Waals surface area contributed by atoms with Gasteiger partial charge in [0.1, 0.15) is 0 Å². The van der Waals surface area contributed by atoms with E-state index in [1.165, 1.54) is 0 Å². The normalized spacial score (nSPS) is 28.8. The molecule has 1 heterocycles. The van der Waals surface area contributed by atoms with Crippen molar-refractivity contribution in [2.24, 2.45) is 11.3 Å². The zero-order chi connectivity index (χ0) is 10.5. The van der Waals surface area contributed by atoms with Gasteiger partial charge in [-0.05, 0) is 12.3 Å². The van der Waals surface area contributed by atoms with Crippen LogP contribution in [-0.4, -0.2) is 16.1 Å². The number of thiazole rings is 1. The Morgan fingerprint density at radius 3 is 2.64 bits per heavy atom. The minimum absolute atomic E-state index is 0.106. The van der Waals surface area contributed by atoms with Crippen LogP contribution in [0.15, 0.2) is 6.20 Å². The Balaban J connectivity index is 2.27. The molecular formula is C10H13NO2S. The Labute approximate surface area is 86.8 Å². The molecule has 3 nitrogen and oxygen atoms in total. The van der Waals surface area contributed by atoms with Crippen LogP contribution >= 0.6 is 11.3 Å². The van der Waals surface area contributed by atoms with Crippen molar-refractivity contribution in [3.8, 4) is 0 Å². The van der Waals surface area contributed by atoms with Crippen LogP contribution in [0.2, 0.25) is 0 Å². The average molecular weight is 211 g/mol. The lowest BCUT2D eigenvalue weighted by Crippen LogP contribution is -2.02. The average Bonchev–Trinajstić information content (AvgIpc) is 2.42. The summed E-state index contributed by atoms with van der Waals surface area (Å²) in [6.07, 6.45) is 1.81. The second-order valence-electron chi connectivity index (χ2n) is 4.40. The molecule has 0 aliphatic heterocycles. The molecule has 0 aromatic carbocycles. The number of hydrogen-bond donors (Lipinski definition) is 1. The molecule has 14 heavy (non-hydrogen) atoms. The number of hydrogen-bond acceptors (Lipinski definition) is 3. The van der Waals surface area contributed by atoms with Crippen molar-refractivity contribution in [3.05, 3.63) is 16.1 Å². The first-order valence-electron chi connectivity index (χ1n) is 4.59. The zero-order valence-corrected chi connectivity index (χ0v) is 9.26. The lowest BCUT2D eigenvalue weighted by atomic mass is 10.1. The zero-order valence-electron chi connectivity index (χ0n) is 8.44. The van der Waals surface area contributed by atoms with Crippen molar-refractivity contribution in [2.75, 3.05) is 0 Å². The molecule has 2 atom stereocenters. The number of carboxylic acid groups (broad SMARTS) is 1. The van der Waals surface area contributed by atoms with E-state index in [2.05, 4.69) is 4.98 Å².